The van der Waals surface area contributed by atoms with E-state index in [4.69, 9.17) is 17.3 Å². The van der Waals surface area contributed by atoms with Crippen molar-refractivity contribution in [3.05, 3.63) is 23.2 Å². The van der Waals surface area contributed by atoms with Gasteiger partial charge in [0.15, 0.2) is 0 Å². The van der Waals surface area contributed by atoms with E-state index >= 15 is 0 Å². The summed E-state index contributed by atoms with van der Waals surface area (Å²) in [5.41, 5.74) is 6.79. The highest BCUT2D eigenvalue weighted by molar-refractivity contribution is 6.33. The molecule has 18 heavy (non-hydrogen) atoms. The molecule has 1 amide bonds. The number of nitrogens with two attached hydrogens (primary N) is 1. The third kappa shape index (κ3) is 4.20. The number of hydrogen-bond acceptors (Lipinski definition) is 3. The van der Waals surface area contributed by atoms with Crippen molar-refractivity contribution < 1.29 is 4.79 Å². The first-order valence-corrected chi connectivity index (χ1v) is 6.40. The van der Waals surface area contributed by atoms with Gasteiger partial charge in [0, 0.05) is 11.7 Å². The summed E-state index contributed by atoms with van der Waals surface area (Å²) in [5, 5.41) is 3.27. The number of benzene rings is 1. The average molecular weight is 270 g/mol. The van der Waals surface area contributed by atoms with Crippen LogP contribution in [0.5, 0.6) is 0 Å². The molecule has 100 valence electrons. The number of likely N-dealkylation sites (N-methyl/N-ethyl adjacent to an activating group) is 1. The normalized spacial score (nSPS) is 11.0. The van der Waals surface area contributed by atoms with Crippen LogP contribution in [0.1, 0.15) is 20.8 Å². The van der Waals surface area contributed by atoms with Crippen LogP contribution in [0, 0.1) is 0 Å². The molecule has 0 aliphatic rings. The first-order chi connectivity index (χ1) is 8.43. The Balaban J connectivity index is 2.67. The maximum atomic E-state index is 11.9. The summed E-state index contributed by atoms with van der Waals surface area (Å²) in [6.45, 7) is 7.32. The van der Waals surface area contributed by atoms with Gasteiger partial charge in [-0.3, -0.25) is 9.69 Å². The molecule has 4 nitrogen and oxygen atoms in total. The van der Waals surface area contributed by atoms with Crippen LogP contribution in [0.15, 0.2) is 18.2 Å². The van der Waals surface area contributed by atoms with E-state index in [9.17, 15) is 4.79 Å². The fraction of sp³-hybridized carbons (Fsp3) is 0.462. The van der Waals surface area contributed by atoms with E-state index in [0.29, 0.717) is 29.0 Å². The van der Waals surface area contributed by atoms with Crippen LogP contribution in [0.25, 0.3) is 0 Å². The van der Waals surface area contributed by atoms with E-state index in [-0.39, 0.29) is 5.91 Å². The van der Waals surface area contributed by atoms with Crippen LogP contribution >= 0.6 is 11.6 Å². The number of nitrogens with zero attached hydrogens (tertiary/aromatic N) is 1. The van der Waals surface area contributed by atoms with E-state index in [1.165, 1.54) is 0 Å². The number of carbonyl (C=O) groups is 1. The quantitative estimate of drug-likeness (QED) is 0.808. The van der Waals surface area contributed by atoms with Gasteiger partial charge in [0.1, 0.15) is 0 Å². The number of amides is 1. The van der Waals surface area contributed by atoms with Gasteiger partial charge in [-0.25, -0.2) is 0 Å². The Hall–Kier alpha value is -1.26. The molecule has 0 saturated heterocycles. The largest absolute Gasteiger partial charge is 0.399 e. The third-order valence-electron chi connectivity index (χ3n) is 2.75. The number of carbonyl (C=O) groups excluding carboxylic acids is 1. The number of halogens is 1. The fourth-order valence-corrected chi connectivity index (χ4v) is 1.84. The predicted molar refractivity (Wildman–Crippen MR) is 76.9 cm³/mol. The minimum Gasteiger partial charge on any atom is -0.399 e. The molecule has 0 heterocycles. The van der Waals surface area contributed by atoms with E-state index in [1.54, 1.807) is 18.2 Å². The lowest BCUT2D eigenvalue weighted by atomic mass is 10.2. The number of nitrogens with one attached hydrogen (secondary N) is 1. The molecule has 5 heteroatoms. The van der Waals surface area contributed by atoms with Crippen molar-refractivity contribution >= 4 is 28.9 Å². The Kier molecular flexibility index (Phi) is 5.44. The Morgan fingerprint density at radius 3 is 2.72 bits per heavy atom. The first kappa shape index (κ1) is 14.8. The zero-order valence-electron chi connectivity index (χ0n) is 11.0. The second-order valence-corrected chi connectivity index (χ2v) is 4.85. The lowest BCUT2D eigenvalue weighted by Gasteiger charge is -2.24. The number of hydrogen-bond donors (Lipinski definition) is 2. The fourth-order valence-electron chi connectivity index (χ4n) is 1.67. The van der Waals surface area contributed by atoms with Crippen molar-refractivity contribution in [1.29, 1.82) is 0 Å². The predicted octanol–water partition coefficient (Wildman–Crippen LogP) is 2.59. The summed E-state index contributed by atoms with van der Waals surface area (Å²) in [4.78, 5) is 14.0. The molecule has 1 aromatic rings. The molecular weight excluding hydrogens is 250 g/mol. The van der Waals surface area contributed by atoms with Gasteiger partial charge in [-0.05, 0) is 38.6 Å². The number of rotatable bonds is 5. The summed E-state index contributed by atoms with van der Waals surface area (Å²) in [5.74, 6) is -0.0851. The summed E-state index contributed by atoms with van der Waals surface area (Å²) in [6.07, 6.45) is 0. The molecule has 0 spiro atoms. The minimum absolute atomic E-state index is 0.0851. The molecule has 0 aliphatic heterocycles. The van der Waals surface area contributed by atoms with Crippen LogP contribution in [-0.4, -0.2) is 29.9 Å². The highest BCUT2D eigenvalue weighted by Gasteiger charge is 2.13. The molecule has 0 atom stereocenters. The van der Waals surface area contributed by atoms with E-state index < -0.39 is 0 Å². The summed E-state index contributed by atoms with van der Waals surface area (Å²) < 4.78 is 0. The van der Waals surface area contributed by atoms with Gasteiger partial charge in [-0.1, -0.05) is 18.5 Å². The zero-order valence-corrected chi connectivity index (χ0v) is 11.8. The maximum absolute atomic E-state index is 11.9. The Morgan fingerprint density at radius 1 is 1.50 bits per heavy atom. The van der Waals surface area contributed by atoms with Gasteiger partial charge in [0.05, 0.1) is 17.3 Å². The lowest BCUT2D eigenvalue weighted by Crippen LogP contribution is -2.37. The van der Waals surface area contributed by atoms with Crippen LogP contribution in [-0.2, 0) is 4.79 Å². The summed E-state index contributed by atoms with van der Waals surface area (Å²) >= 11 is 5.99. The second-order valence-electron chi connectivity index (χ2n) is 4.44. The van der Waals surface area contributed by atoms with Crippen molar-refractivity contribution in [3.8, 4) is 0 Å². The monoisotopic (exact) mass is 269 g/mol. The van der Waals surface area contributed by atoms with Crippen molar-refractivity contribution in [2.75, 3.05) is 24.1 Å². The van der Waals surface area contributed by atoms with Crippen LogP contribution in [0.2, 0.25) is 5.02 Å². The molecule has 0 radical (unpaired) electrons. The molecule has 0 unspecified atom stereocenters. The molecule has 0 bridgehead atoms. The topological polar surface area (TPSA) is 58.4 Å². The maximum Gasteiger partial charge on any atom is 0.238 e. The van der Waals surface area contributed by atoms with Gasteiger partial charge in [0.2, 0.25) is 5.91 Å². The SMILES string of the molecule is CCN(CC(=O)Nc1cc(N)ccc1Cl)C(C)C. The molecule has 1 aromatic carbocycles. The molecular formula is C13H20ClN3O. The Labute approximate surface area is 113 Å². The molecule has 3 N–H and O–H groups in total. The third-order valence-corrected chi connectivity index (χ3v) is 3.08. The van der Waals surface area contributed by atoms with Crippen LogP contribution in [0.4, 0.5) is 11.4 Å². The highest BCUT2D eigenvalue weighted by atomic mass is 35.5. The molecule has 0 fully saturated rings. The smallest absolute Gasteiger partial charge is 0.238 e. The van der Waals surface area contributed by atoms with E-state index in [2.05, 4.69) is 24.1 Å². The molecule has 1 rings (SSSR count). The summed E-state index contributed by atoms with van der Waals surface area (Å²) in [6, 6.07) is 5.36. The summed E-state index contributed by atoms with van der Waals surface area (Å²) in [7, 11) is 0. The van der Waals surface area contributed by atoms with Crippen molar-refractivity contribution in [3.63, 3.8) is 0 Å². The van der Waals surface area contributed by atoms with Crippen LogP contribution in [0.3, 0.4) is 0 Å². The minimum atomic E-state index is -0.0851. The average Bonchev–Trinajstić information content (AvgIpc) is 2.30. The van der Waals surface area contributed by atoms with Gasteiger partial charge >= 0.3 is 0 Å². The Morgan fingerprint density at radius 2 is 2.17 bits per heavy atom. The van der Waals surface area contributed by atoms with Crippen molar-refractivity contribution in [2.45, 2.75) is 26.8 Å². The molecule has 0 saturated carbocycles. The van der Waals surface area contributed by atoms with Gasteiger partial charge in [-0.2, -0.15) is 0 Å². The van der Waals surface area contributed by atoms with Gasteiger partial charge in [0.25, 0.3) is 0 Å². The Bertz CT molecular complexity index is 421. The number of nitrogen functional groups attached to an aromatic ring is 1. The van der Waals surface area contributed by atoms with Crippen molar-refractivity contribution in [1.82, 2.24) is 4.90 Å². The zero-order chi connectivity index (χ0) is 13.7. The van der Waals surface area contributed by atoms with Crippen LogP contribution < -0.4 is 11.1 Å². The highest BCUT2D eigenvalue weighted by Crippen LogP contribution is 2.23. The van der Waals surface area contributed by atoms with E-state index in [0.717, 1.165) is 6.54 Å². The molecule has 0 aromatic heterocycles. The lowest BCUT2D eigenvalue weighted by molar-refractivity contribution is -0.117. The standard InChI is InChI=1S/C13H20ClN3O/c1-4-17(9(2)3)8-13(18)16-12-7-10(15)5-6-11(12)14/h5-7,9H,4,8,15H2,1-3H3,(H,16,18). The first-order valence-electron chi connectivity index (χ1n) is 6.03. The number of anilines is 2. The van der Waals surface area contributed by atoms with Crippen molar-refractivity contribution in [2.24, 2.45) is 0 Å². The van der Waals surface area contributed by atoms with Gasteiger partial charge in [-0.15, -0.1) is 0 Å². The van der Waals surface area contributed by atoms with E-state index in [1.807, 2.05) is 6.92 Å². The van der Waals surface area contributed by atoms with Gasteiger partial charge < -0.3 is 11.1 Å². The molecule has 0 aliphatic carbocycles. The second kappa shape index (κ2) is 6.61.